The Balaban J connectivity index is 0.000000640. The van der Waals surface area contributed by atoms with Gasteiger partial charge in [0.15, 0.2) is 0 Å². The molecule has 1 rings (SSSR count). The highest BCUT2D eigenvalue weighted by Crippen LogP contribution is 1.96. The molecular weight excluding hydrogens is 114 g/mol. The molecule has 9 heavy (non-hydrogen) atoms. The number of aromatic nitrogens is 3. The second-order valence-corrected chi connectivity index (χ2v) is 1.97. The van der Waals surface area contributed by atoms with Crippen LogP contribution >= 0.6 is 0 Å². The van der Waals surface area contributed by atoms with Gasteiger partial charge in [-0.2, -0.15) is 5.10 Å². The summed E-state index contributed by atoms with van der Waals surface area (Å²) in [5, 5.41) is 3.92. The minimum absolute atomic E-state index is 0. The van der Waals surface area contributed by atoms with E-state index < -0.39 is 0 Å². The van der Waals surface area contributed by atoms with Crippen LogP contribution in [0.1, 0.15) is 27.3 Å². The summed E-state index contributed by atoms with van der Waals surface area (Å²) in [4.78, 5) is 3.80. The van der Waals surface area contributed by atoms with Crippen molar-refractivity contribution in [3.63, 3.8) is 0 Å². The van der Waals surface area contributed by atoms with Gasteiger partial charge in [-0.15, -0.1) is 0 Å². The first kappa shape index (κ1) is 8.14. The van der Waals surface area contributed by atoms with Gasteiger partial charge < -0.3 is 0 Å². The Hall–Kier alpha value is -0.860. The highest BCUT2D eigenvalue weighted by molar-refractivity contribution is 4.59. The van der Waals surface area contributed by atoms with Crippen molar-refractivity contribution in [1.82, 2.24) is 14.8 Å². The SMILES string of the molecule is C.CC(C)n1cncn1. The van der Waals surface area contributed by atoms with E-state index in [1.54, 1.807) is 17.3 Å². The van der Waals surface area contributed by atoms with E-state index in [1.165, 1.54) is 0 Å². The van der Waals surface area contributed by atoms with Crippen molar-refractivity contribution in [3.8, 4) is 0 Å². The van der Waals surface area contributed by atoms with Gasteiger partial charge in [-0.25, -0.2) is 4.98 Å². The van der Waals surface area contributed by atoms with Crippen molar-refractivity contribution in [2.75, 3.05) is 0 Å². The van der Waals surface area contributed by atoms with E-state index in [4.69, 9.17) is 0 Å². The Morgan fingerprint density at radius 3 is 2.33 bits per heavy atom. The fourth-order valence-corrected chi connectivity index (χ4v) is 0.484. The molecule has 52 valence electrons. The quantitative estimate of drug-likeness (QED) is 0.572. The van der Waals surface area contributed by atoms with Crippen molar-refractivity contribution in [2.45, 2.75) is 27.3 Å². The molecule has 0 bridgehead atoms. The van der Waals surface area contributed by atoms with E-state index in [9.17, 15) is 0 Å². The van der Waals surface area contributed by atoms with Crippen LogP contribution in [0.25, 0.3) is 0 Å². The zero-order valence-electron chi connectivity index (χ0n) is 5.07. The van der Waals surface area contributed by atoms with Crippen LogP contribution in [0.2, 0.25) is 0 Å². The number of rotatable bonds is 1. The summed E-state index contributed by atoms with van der Waals surface area (Å²) in [6.07, 6.45) is 3.25. The van der Waals surface area contributed by atoms with E-state index in [1.807, 2.05) is 0 Å². The summed E-state index contributed by atoms with van der Waals surface area (Å²) < 4.78 is 1.81. The van der Waals surface area contributed by atoms with Crippen LogP contribution in [0, 0.1) is 0 Å². The molecule has 1 aromatic rings. The molecule has 0 radical (unpaired) electrons. The van der Waals surface area contributed by atoms with Crippen LogP contribution in [0.3, 0.4) is 0 Å². The maximum Gasteiger partial charge on any atom is 0.137 e. The minimum atomic E-state index is 0. The van der Waals surface area contributed by atoms with Gasteiger partial charge in [0.25, 0.3) is 0 Å². The molecule has 0 aliphatic carbocycles. The van der Waals surface area contributed by atoms with E-state index in [-0.39, 0.29) is 7.43 Å². The second kappa shape index (κ2) is 3.22. The first-order valence-electron chi connectivity index (χ1n) is 2.65. The normalized spacial score (nSPS) is 9.22. The third-order valence-corrected chi connectivity index (χ3v) is 0.966. The Morgan fingerprint density at radius 2 is 2.11 bits per heavy atom. The van der Waals surface area contributed by atoms with Crippen LogP contribution in [0.15, 0.2) is 12.7 Å². The minimum Gasteiger partial charge on any atom is -0.250 e. The lowest BCUT2D eigenvalue weighted by molar-refractivity contribution is 0.531. The van der Waals surface area contributed by atoms with E-state index in [0.717, 1.165) is 0 Å². The molecule has 1 heterocycles. The molecule has 0 atom stereocenters. The molecule has 1 aromatic heterocycles. The zero-order valence-corrected chi connectivity index (χ0v) is 5.07. The van der Waals surface area contributed by atoms with Gasteiger partial charge in [0.2, 0.25) is 0 Å². The van der Waals surface area contributed by atoms with Crippen LogP contribution in [-0.2, 0) is 0 Å². The third-order valence-electron chi connectivity index (χ3n) is 0.966. The molecule has 3 heteroatoms. The summed E-state index contributed by atoms with van der Waals surface area (Å²) >= 11 is 0. The molecule has 0 saturated carbocycles. The largest absolute Gasteiger partial charge is 0.250 e. The predicted molar refractivity (Wildman–Crippen MR) is 37.1 cm³/mol. The van der Waals surface area contributed by atoms with Gasteiger partial charge in [0.1, 0.15) is 12.7 Å². The van der Waals surface area contributed by atoms with Crippen LogP contribution < -0.4 is 0 Å². The fraction of sp³-hybridized carbons (Fsp3) is 0.667. The summed E-state index contributed by atoms with van der Waals surface area (Å²) in [5.74, 6) is 0. The van der Waals surface area contributed by atoms with Crippen LogP contribution in [0.5, 0.6) is 0 Å². The van der Waals surface area contributed by atoms with E-state index in [2.05, 4.69) is 23.9 Å². The molecule has 0 aliphatic rings. The topological polar surface area (TPSA) is 30.7 Å². The molecular formula is C6H13N3. The highest BCUT2D eigenvalue weighted by atomic mass is 15.3. The van der Waals surface area contributed by atoms with Crippen molar-refractivity contribution < 1.29 is 0 Å². The molecule has 0 spiro atoms. The Morgan fingerprint density at radius 1 is 1.44 bits per heavy atom. The van der Waals surface area contributed by atoms with Gasteiger partial charge >= 0.3 is 0 Å². The Kier molecular flexibility index (Phi) is 2.91. The standard InChI is InChI=1S/C5H9N3.CH4/c1-5(2)8-4-6-3-7-8;/h3-5H,1-2H3;1H4. The molecule has 0 N–H and O–H groups in total. The second-order valence-electron chi connectivity index (χ2n) is 1.97. The molecule has 0 aromatic carbocycles. The number of hydrogen-bond donors (Lipinski definition) is 0. The Labute approximate surface area is 55.7 Å². The average molecular weight is 127 g/mol. The molecule has 0 aliphatic heterocycles. The van der Waals surface area contributed by atoms with Crippen molar-refractivity contribution in [2.24, 2.45) is 0 Å². The maximum atomic E-state index is 3.92. The van der Waals surface area contributed by atoms with Gasteiger partial charge in [0, 0.05) is 6.04 Å². The van der Waals surface area contributed by atoms with E-state index >= 15 is 0 Å². The van der Waals surface area contributed by atoms with Crippen molar-refractivity contribution >= 4 is 0 Å². The molecule has 3 nitrogen and oxygen atoms in total. The number of nitrogens with zero attached hydrogens (tertiary/aromatic N) is 3. The average Bonchev–Trinajstić information content (AvgIpc) is 2.12. The number of hydrogen-bond acceptors (Lipinski definition) is 2. The van der Waals surface area contributed by atoms with Gasteiger partial charge in [0.05, 0.1) is 0 Å². The molecule has 0 amide bonds. The fourth-order valence-electron chi connectivity index (χ4n) is 0.484. The predicted octanol–water partition coefficient (Wildman–Crippen LogP) is 1.50. The zero-order chi connectivity index (χ0) is 5.98. The smallest absolute Gasteiger partial charge is 0.137 e. The lowest BCUT2D eigenvalue weighted by atomic mass is 10.4. The van der Waals surface area contributed by atoms with Gasteiger partial charge in [-0.1, -0.05) is 7.43 Å². The molecule has 0 unspecified atom stereocenters. The molecule has 0 saturated heterocycles. The van der Waals surface area contributed by atoms with Gasteiger partial charge in [-0.05, 0) is 13.8 Å². The lowest BCUT2D eigenvalue weighted by Gasteiger charge is -2.00. The summed E-state index contributed by atoms with van der Waals surface area (Å²) in [5.41, 5.74) is 0. The summed E-state index contributed by atoms with van der Waals surface area (Å²) in [7, 11) is 0. The third kappa shape index (κ3) is 1.83. The van der Waals surface area contributed by atoms with Crippen molar-refractivity contribution in [1.29, 1.82) is 0 Å². The van der Waals surface area contributed by atoms with Crippen LogP contribution in [-0.4, -0.2) is 14.8 Å². The molecule has 0 fully saturated rings. The lowest BCUT2D eigenvalue weighted by Crippen LogP contribution is -1.99. The summed E-state index contributed by atoms with van der Waals surface area (Å²) in [6.45, 7) is 4.13. The first-order chi connectivity index (χ1) is 3.80. The summed E-state index contributed by atoms with van der Waals surface area (Å²) in [6, 6.07) is 0.428. The highest BCUT2D eigenvalue weighted by Gasteiger charge is 1.92. The van der Waals surface area contributed by atoms with Crippen LogP contribution in [0.4, 0.5) is 0 Å². The Bertz CT molecular complexity index is 143. The first-order valence-corrected chi connectivity index (χ1v) is 2.65. The maximum absolute atomic E-state index is 3.92. The van der Waals surface area contributed by atoms with E-state index in [0.29, 0.717) is 6.04 Å². The van der Waals surface area contributed by atoms with Gasteiger partial charge in [-0.3, -0.25) is 4.68 Å². The monoisotopic (exact) mass is 127 g/mol. The van der Waals surface area contributed by atoms with Crippen molar-refractivity contribution in [3.05, 3.63) is 12.7 Å².